The van der Waals surface area contributed by atoms with Crippen LogP contribution in [0.15, 0.2) is 53.1 Å². The molecule has 1 saturated carbocycles. The number of rotatable bonds is 7. The van der Waals surface area contributed by atoms with Gasteiger partial charge in [-0.3, -0.25) is 4.79 Å². The van der Waals surface area contributed by atoms with Gasteiger partial charge in [-0.25, -0.2) is 9.48 Å². The van der Waals surface area contributed by atoms with Gasteiger partial charge in [-0.15, -0.1) is 5.10 Å². The highest BCUT2D eigenvalue weighted by Crippen LogP contribution is 2.38. The highest BCUT2D eigenvalue weighted by molar-refractivity contribution is 9.10. The molecule has 10 heteroatoms. The van der Waals surface area contributed by atoms with Crippen molar-refractivity contribution in [2.45, 2.75) is 65.6 Å². The van der Waals surface area contributed by atoms with E-state index < -0.39 is 0 Å². The molecular weight excluding hydrogens is 568 g/mol. The van der Waals surface area contributed by atoms with Crippen molar-refractivity contribution in [1.29, 1.82) is 0 Å². The van der Waals surface area contributed by atoms with E-state index in [1.807, 2.05) is 16.9 Å². The zero-order valence-corrected chi connectivity index (χ0v) is 24.4. The van der Waals surface area contributed by atoms with Crippen LogP contribution in [0.4, 0.5) is 10.5 Å². The summed E-state index contributed by atoms with van der Waals surface area (Å²) in [7, 11) is 0. The Morgan fingerprint density at radius 2 is 1.89 bits per heavy atom. The number of aryl methyl sites for hydroxylation is 1. The molecule has 0 radical (unpaired) electrons. The van der Waals surface area contributed by atoms with Crippen LogP contribution in [-0.2, 0) is 11.3 Å². The summed E-state index contributed by atoms with van der Waals surface area (Å²) in [5, 5.41) is 18.0. The van der Waals surface area contributed by atoms with Gasteiger partial charge in [0, 0.05) is 21.1 Å². The van der Waals surface area contributed by atoms with E-state index in [0.29, 0.717) is 22.8 Å². The van der Waals surface area contributed by atoms with Gasteiger partial charge in [-0.05, 0) is 73.1 Å². The molecule has 3 amide bonds. The number of carbonyl (C=O) groups excluding carboxylic acids is 2. The van der Waals surface area contributed by atoms with Gasteiger partial charge in [0.2, 0.25) is 5.91 Å². The molecule has 3 unspecified atom stereocenters. The second-order valence-electron chi connectivity index (χ2n) is 11.0. The molecule has 1 heterocycles. The first-order valence-electron chi connectivity index (χ1n) is 12.8. The fourth-order valence-electron chi connectivity index (χ4n) is 4.80. The second kappa shape index (κ2) is 11.9. The number of benzene rings is 2. The molecule has 1 aliphatic rings. The van der Waals surface area contributed by atoms with E-state index >= 15 is 0 Å². The number of urea groups is 1. The van der Waals surface area contributed by atoms with Gasteiger partial charge in [0.25, 0.3) is 0 Å². The Balaban J connectivity index is 1.31. The summed E-state index contributed by atoms with van der Waals surface area (Å²) < 4.78 is 2.88. The lowest BCUT2D eigenvalue weighted by molar-refractivity contribution is -0.126. The molecule has 1 aliphatic carbocycles. The van der Waals surface area contributed by atoms with Crippen molar-refractivity contribution in [3.8, 4) is 0 Å². The number of nitrogens with zero attached hydrogens (tertiary/aromatic N) is 3. The average Bonchev–Trinajstić information content (AvgIpc) is 3.54. The molecule has 0 bridgehead atoms. The highest BCUT2D eigenvalue weighted by atomic mass is 79.9. The smallest absolute Gasteiger partial charge is 0.319 e. The van der Waals surface area contributed by atoms with Crippen LogP contribution >= 0.6 is 27.5 Å². The van der Waals surface area contributed by atoms with Crippen LogP contribution in [0.25, 0.3) is 0 Å². The Labute approximate surface area is 237 Å². The largest absolute Gasteiger partial charge is 0.349 e. The lowest BCUT2D eigenvalue weighted by Gasteiger charge is -2.33. The van der Waals surface area contributed by atoms with Crippen molar-refractivity contribution < 1.29 is 9.59 Å². The van der Waals surface area contributed by atoms with Crippen LogP contribution in [0, 0.1) is 18.3 Å². The predicted molar refractivity (Wildman–Crippen MR) is 153 cm³/mol. The topological polar surface area (TPSA) is 101 Å². The second-order valence-corrected chi connectivity index (χ2v) is 12.3. The summed E-state index contributed by atoms with van der Waals surface area (Å²) in [6, 6.07) is 12.8. The van der Waals surface area contributed by atoms with E-state index in [9.17, 15) is 9.59 Å². The quantitative estimate of drug-likeness (QED) is 0.285. The van der Waals surface area contributed by atoms with Crippen molar-refractivity contribution in [2.75, 3.05) is 5.32 Å². The summed E-state index contributed by atoms with van der Waals surface area (Å²) in [6.07, 6.45) is 4.19. The Bertz CT molecular complexity index is 1290. The minimum atomic E-state index is -0.339. The SMILES string of the molecule is Cc1cc(C(NC(=O)C2CCC(n3cc(CNC(=O)Nc4ccc(Cl)cc4)nn3)C2)C(C)(C)C)ccc1Br. The summed E-state index contributed by atoms with van der Waals surface area (Å²) in [4.78, 5) is 25.5. The molecule has 1 aromatic heterocycles. The molecule has 3 aromatic rings. The first-order chi connectivity index (χ1) is 18.0. The fraction of sp³-hybridized carbons (Fsp3) is 0.429. The van der Waals surface area contributed by atoms with Gasteiger partial charge in [0.15, 0.2) is 0 Å². The van der Waals surface area contributed by atoms with Crippen LogP contribution < -0.4 is 16.0 Å². The van der Waals surface area contributed by atoms with Crippen molar-refractivity contribution >= 4 is 45.2 Å². The third-order valence-corrected chi connectivity index (χ3v) is 8.05. The summed E-state index contributed by atoms with van der Waals surface area (Å²) in [6.45, 7) is 8.75. The van der Waals surface area contributed by atoms with Gasteiger partial charge in [-0.1, -0.05) is 65.6 Å². The molecule has 1 fully saturated rings. The first-order valence-corrected chi connectivity index (χ1v) is 13.9. The number of anilines is 1. The van der Waals surface area contributed by atoms with Crippen LogP contribution in [0.2, 0.25) is 5.02 Å². The zero-order valence-electron chi connectivity index (χ0n) is 22.1. The molecule has 202 valence electrons. The first kappa shape index (κ1) is 28.1. The minimum Gasteiger partial charge on any atom is -0.349 e. The van der Waals surface area contributed by atoms with E-state index in [1.54, 1.807) is 24.3 Å². The molecule has 0 saturated heterocycles. The molecule has 0 aliphatic heterocycles. The lowest BCUT2D eigenvalue weighted by Crippen LogP contribution is -2.39. The molecule has 0 spiro atoms. The lowest BCUT2D eigenvalue weighted by atomic mass is 9.81. The van der Waals surface area contributed by atoms with E-state index in [1.165, 1.54) is 0 Å². The van der Waals surface area contributed by atoms with E-state index in [0.717, 1.165) is 28.4 Å². The predicted octanol–water partition coefficient (Wildman–Crippen LogP) is 6.57. The standard InChI is InChI=1S/C28H34BrClN6O2/c1-17-13-18(6-12-24(17)29)25(28(2,3)4)33-26(37)19-5-11-23(14-19)36-16-22(34-35-36)15-31-27(38)32-21-9-7-20(30)8-10-21/h6-10,12-13,16,19,23,25H,5,11,14-15H2,1-4H3,(H,33,37)(H2,31,32,38). The minimum absolute atomic E-state index is 0.0777. The van der Waals surface area contributed by atoms with Gasteiger partial charge in [0.05, 0.1) is 24.8 Å². The van der Waals surface area contributed by atoms with Gasteiger partial charge in [0.1, 0.15) is 5.69 Å². The Morgan fingerprint density at radius 1 is 1.16 bits per heavy atom. The Hall–Kier alpha value is -2.91. The maximum absolute atomic E-state index is 13.3. The number of hydrogen-bond donors (Lipinski definition) is 3. The summed E-state index contributed by atoms with van der Waals surface area (Å²) in [5.41, 5.74) is 3.42. The monoisotopic (exact) mass is 600 g/mol. The number of carbonyl (C=O) groups is 2. The van der Waals surface area contributed by atoms with Crippen LogP contribution in [0.3, 0.4) is 0 Å². The number of halogens is 2. The highest BCUT2D eigenvalue weighted by Gasteiger charge is 2.35. The van der Waals surface area contributed by atoms with E-state index in [2.05, 4.69) is 82.0 Å². The third kappa shape index (κ3) is 7.14. The number of amides is 3. The van der Waals surface area contributed by atoms with Gasteiger partial charge >= 0.3 is 6.03 Å². The maximum atomic E-state index is 13.3. The number of hydrogen-bond acceptors (Lipinski definition) is 4. The molecule has 3 atom stereocenters. The average molecular weight is 602 g/mol. The molecular formula is C28H34BrClN6O2. The molecule has 3 N–H and O–H groups in total. The normalized spacial score (nSPS) is 18.2. The van der Waals surface area contributed by atoms with Crippen molar-refractivity contribution in [3.05, 3.63) is 75.0 Å². The fourth-order valence-corrected chi connectivity index (χ4v) is 5.17. The van der Waals surface area contributed by atoms with Crippen LogP contribution in [0.1, 0.15) is 68.9 Å². The summed E-state index contributed by atoms with van der Waals surface area (Å²) in [5.74, 6) is -0.00815. The molecule has 2 aromatic carbocycles. The van der Waals surface area contributed by atoms with E-state index in [-0.39, 0.29) is 41.9 Å². The Morgan fingerprint density at radius 3 is 2.58 bits per heavy atom. The van der Waals surface area contributed by atoms with E-state index in [4.69, 9.17) is 11.6 Å². The molecule has 38 heavy (non-hydrogen) atoms. The van der Waals surface area contributed by atoms with Gasteiger partial charge < -0.3 is 16.0 Å². The van der Waals surface area contributed by atoms with Crippen molar-refractivity contribution in [3.63, 3.8) is 0 Å². The van der Waals surface area contributed by atoms with Crippen LogP contribution in [0.5, 0.6) is 0 Å². The van der Waals surface area contributed by atoms with Gasteiger partial charge in [-0.2, -0.15) is 0 Å². The number of aromatic nitrogens is 3. The zero-order chi connectivity index (χ0) is 27.4. The molecule has 4 rings (SSSR count). The third-order valence-electron chi connectivity index (χ3n) is 6.91. The molecule has 8 nitrogen and oxygen atoms in total. The van der Waals surface area contributed by atoms with Crippen molar-refractivity contribution in [1.82, 2.24) is 25.6 Å². The summed E-state index contributed by atoms with van der Waals surface area (Å²) >= 11 is 9.45. The Kier molecular flexibility index (Phi) is 8.78. The van der Waals surface area contributed by atoms with Crippen LogP contribution in [-0.4, -0.2) is 26.9 Å². The maximum Gasteiger partial charge on any atom is 0.319 e. The number of nitrogens with one attached hydrogen (secondary N) is 3. The van der Waals surface area contributed by atoms with Crippen molar-refractivity contribution in [2.24, 2.45) is 11.3 Å².